The molecule has 0 aliphatic carbocycles. The molecule has 0 unspecified atom stereocenters. The monoisotopic (exact) mass is 328 g/mol. The Hall–Kier alpha value is -2.40. The van der Waals surface area contributed by atoms with E-state index in [4.69, 9.17) is 17.0 Å². The van der Waals surface area contributed by atoms with E-state index in [0.29, 0.717) is 17.3 Å². The first-order valence-electron chi connectivity index (χ1n) is 7.49. The number of ether oxygens (including phenoxy) is 1. The average Bonchev–Trinajstić information content (AvgIpc) is 2.56. The first-order valence-corrected chi connectivity index (χ1v) is 7.90. The van der Waals surface area contributed by atoms with E-state index in [9.17, 15) is 4.79 Å². The van der Waals surface area contributed by atoms with Gasteiger partial charge in [0, 0.05) is 5.69 Å². The molecule has 0 saturated heterocycles. The second-order valence-electron chi connectivity index (χ2n) is 5.03. The van der Waals surface area contributed by atoms with Crippen LogP contribution in [0.1, 0.15) is 35.8 Å². The molecule has 1 atom stereocenters. The molecule has 2 rings (SSSR count). The van der Waals surface area contributed by atoms with Gasteiger partial charge in [0.25, 0.3) is 0 Å². The van der Waals surface area contributed by atoms with Crippen molar-refractivity contribution in [1.82, 2.24) is 5.32 Å². The molecule has 0 aliphatic rings. The smallest absolute Gasteiger partial charge is 0.338 e. The molecule has 0 heterocycles. The van der Waals surface area contributed by atoms with Gasteiger partial charge in [-0.2, -0.15) is 0 Å². The van der Waals surface area contributed by atoms with Crippen molar-refractivity contribution in [2.75, 3.05) is 11.9 Å². The lowest BCUT2D eigenvalue weighted by Gasteiger charge is -2.17. The minimum absolute atomic E-state index is 0.0874. The van der Waals surface area contributed by atoms with Gasteiger partial charge in [-0.15, -0.1) is 0 Å². The van der Waals surface area contributed by atoms with Gasteiger partial charge in [0.1, 0.15) is 0 Å². The molecule has 0 radical (unpaired) electrons. The Kier molecular flexibility index (Phi) is 6.11. The summed E-state index contributed by atoms with van der Waals surface area (Å²) in [6, 6.07) is 17.2. The summed E-state index contributed by atoms with van der Waals surface area (Å²) >= 11 is 5.33. The summed E-state index contributed by atoms with van der Waals surface area (Å²) in [7, 11) is 0. The van der Waals surface area contributed by atoms with Gasteiger partial charge in [-0.3, -0.25) is 0 Å². The Morgan fingerprint density at radius 3 is 2.61 bits per heavy atom. The Morgan fingerprint density at radius 2 is 1.91 bits per heavy atom. The summed E-state index contributed by atoms with van der Waals surface area (Å²) in [4.78, 5) is 11.7. The van der Waals surface area contributed by atoms with Crippen LogP contribution in [0.2, 0.25) is 0 Å². The standard InChI is InChI=1S/C18H20N2O2S/c1-3-22-17(21)15-10-7-11-16(12-15)20-18(23)19-13(2)14-8-5-4-6-9-14/h4-13H,3H2,1-2H3,(H2,19,20,23)/t13-/m0/s1. The first kappa shape index (κ1) is 17.0. The number of carbonyl (C=O) groups excluding carboxylic acids is 1. The predicted octanol–water partition coefficient (Wildman–Crippen LogP) is 3.91. The largest absolute Gasteiger partial charge is 0.462 e. The van der Waals surface area contributed by atoms with Crippen molar-refractivity contribution in [3.8, 4) is 0 Å². The number of benzene rings is 2. The van der Waals surface area contributed by atoms with Crippen molar-refractivity contribution in [2.24, 2.45) is 0 Å². The number of thiocarbonyl (C=S) groups is 1. The summed E-state index contributed by atoms with van der Waals surface area (Å²) in [5.41, 5.74) is 2.39. The molecule has 0 amide bonds. The number of rotatable bonds is 5. The molecule has 120 valence electrons. The topological polar surface area (TPSA) is 50.4 Å². The molecule has 0 spiro atoms. The van der Waals surface area contributed by atoms with E-state index in [1.165, 1.54) is 0 Å². The summed E-state index contributed by atoms with van der Waals surface area (Å²) in [5.74, 6) is -0.340. The number of hydrogen-bond donors (Lipinski definition) is 2. The highest BCUT2D eigenvalue weighted by Crippen LogP contribution is 2.14. The average molecular weight is 328 g/mol. The fraction of sp³-hybridized carbons (Fsp3) is 0.222. The molecule has 2 aromatic rings. The zero-order chi connectivity index (χ0) is 16.7. The summed E-state index contributed by atoms with van der Waals surface area (Å²) in [5, 5.41) is 6.82. The third-order valence-corrected chi connectivity index (χ3v) is 3.50. The maximum atomic E-state index is 11.7. The Morgan fingerprint density at radius 1 is 1.17 bits per heavy atom. The molecule has 0 aromatic heterocycles. The van der Waals surface area contributed by atoms with Crippen molar-refractivity contribution >= 4 is 29.0 Å². The van der Waals surface area contributed by atoms with Crippen LogP contribution in [0.25, 0.3) is 0 Å². The van der Waals surface area contributed by atoms with Crippen molar-refractivity contribution < 1.29 is 9.53 Å². The molecular formula is C18H20N2O2S. The van der Waals surface area contributed by atoms with Crippen LogP contribution in [0.15, 0.2) is 54.6 Å². The van der Waals surface area contributed by atoms with Crippen molar-refractivity contribution in [3.05, 3.63) is 65.7 Å². The van der Waals surface area contributed by atoms with Crippen LogP contribution < -0.4 is 10.6 Å². The van der Waals surface area contributed by atoms with Crippen molar-refractivity contribution in [1.29, 1.82) is 0 Å². The molecule has 23 heavy (non-hydrogen) atoms. The molecule has 4 nitrogen and oxygen atoms in total. The van der Waals surface area contributed by atoms with Crippen LogP contribution in [0.4, 0.5) is 5.69 Å². The Bertz CT molecular complexity index is 674. The van der Waals surface area contributed by atoms with Gasteiger partial charge in [0.05, 0.1) is 18.2 Å². The minimum atomic E-state index is -0.340. The number of anilines is 1. The number of hydrogen-bond acceptors (Lipinski definition) is 3. The molecule has 0 bridgehead atoms. The van der Waals surface area contributed by atoms with E-state index in [2.05, 4.69) is 10.6 Å². The van der Waals surface area contributed by atoms with Crippen LogP contribution in [0.3, 0.4) is 0 Å². The van der Waals surface area contributed by atoms with Gasteiger partial charge in [0.15, 0.2) is 5.11 Å². The lowest BCUT2D eigenvalue weighted by molar-refractivity contribution is 0.0526. The summed E-state index contributed by atoms with van der Waals surface area (Å²) in [6.45, 7) is 4.17. The van der Waals surface area contributed by atoms with Gasteiger partial charge in [-0.1, -0.05) is 36.4 Å². The van der Waals surface area contributed by atoms with E-state index in [1.54, 1.807) is 25.1 Å². The van der Waals surface area contributed by atoms with Gasteiger partial charge in [0.2, 0.25) is 0 Å². The zero-order valence-corrected chi connectivity index (χ0v) is 14.0. The minimum Gasteiger partial charge on any atom is -0.462 e. The van der Waals surface area contributed by atoms with Crippen molar-refractivity contribution in [3.63, 3.8) is 0 Å². The maximum Gasteiger partial charge on any atom is 0.338 e. The second-order valence-corrected chi connectivity index (χ2v) is 5.44. The fourth-order valence-electron chi connectivity index (χ4n) is 2.13. The summed E-state index contributed by atoms with van der Waals surface area (Å²) in [6.07, 6.45) is 0. The quantitative estimate of drug-likeness (QED) is 0.644. The molecule has 2 aromatic carbocycles. The third-order valence-electron chi connectivity index (χ3n) is 3.28. The van der Waals surface area contributed by atoms with Crippen LogP contribution in [0.5, 0.6) is 0 Å². The molecule has 0 fully saturated rings. The molecule has 0 saturated carbocycles. The zero-order valence-electron chi connectivity index (χ0n) is 13.2. The second kappa shape index (κ2) is 8.29. The number of carbonyl (C=O) groups is 1. The van der Waals surface area contributed by atoms with Gasteiger partial charge >= 0.3 is 5.97 Å². The number of esters is 1. The number of nitrogens with one attached hydrogen (secondary N) is 2. The van der Waals surface area contributed by atoms with Gasteiger partial charge < -0.3 is 15.4 Å². The molecular weight excluding hydrogens is 308 g/mol. The molecule has 2 N–H and O–H groups in total. The van der Waals surface area contributed by atoms with E-state index in [1.807, 2.05) is 43.3 Å². The highest BCUT2D eigenvalue weighted by Gasteiger charge is 2.09. The normalized spacial score (nSPS) is 11.4. The molecule has 5 heteroatoms. The van der Waals surface area contributed by atoms with Gasteiger partial charge in [-0.25, -0.2) is 4.79 Å². The lowest BCUT2D eigenvalue weighted by Crippen LogP contribution is -2.30. The highest BCUT2D eigenvalue weighted by atomic mass is 32.1. The van der Waals surface area contributed by atoms with Crippen LogP contribution in [0, 0.1) is 0 Å². The predicted molar refractivity (Wildman–Crippen MR) is 96.6 cm³/mol. The summed E-state index contributed by atoms with van der Waals surface area (Å²) < 4.78 is 5.00. The lowest BCUT2D eigenvalue weighted by atomic mass is 10.1. The van der Waals surface area contributed by atoms with Gasteiger partial charge in [-0.05, 0) is 49.8 Å². The first-order chi connectivity index (χ1) is 11.1. The Balaban J connectivity index is 1.97. The SMILES string of the molecule is CCOC(=O)c1cccc(NC(=S)N[C@@H](C)c2ccccc2)c1. The van der Waals surface area contributed by atoms with E-state index in [0.717, 1.165) is 11.3 Å². The maximum absolute atomic E-state index is 11.7. The van der Waals surface area contributed by atoms with Crippen molar-refractivity contribution in [2.45, 2.75) is 19.9 Å². The molecule has 0 aliphatic heterocycles. The van der Waals surface area contributed by atoms with Crippen LogP contribution in [-0.4, -0.2) is 17.7 Å². The van der Waals surface area contributed by atoms with Crippen LogP contribution in [-0.2, 0) is 4.74 Å². The fourth-order valence-corrected chi connectivity index (χ4v) is 2.42. The van der Waals surface area contributed by atoms with Crippen LogP contribution >= 0.6 is 12.2 Å². The Labute approximate surface area is 141 Å². The highest BCUT2D eigenvalue weighted by molar-refractivity contribution is 7.80. The van der Waals surface area contributed by atoms with E-state index >= 15 is 0 Å². The van der Waals surface area contributed by atoms with E-state index < -0.39 is 0 Å². The van der Waals surface area contributed by atoms with E-state index in [-0.39, 0.29) is 12.0 Å². The third kappa shape index (κ3) is 5.07.